The Balaban J connectivity index is 0.000000315. The summed E-state index contributed by atoms with van der Waals surface area (Å²) in [5.41, 5.74) is 14.5. The molecule has 16 heavy (non-hydrogen) atoms. The van der Waals surface area contributed by atoms with Gasteiger partial charge in [0.05, 0.1) is 0 Å². The first kappa shape index (κ1) is 15.2. The first-order valence-corrected chi connectivity index (χ1v) is 4.39. The summed E-state index contributed by atoms with van der Waals surface area (Å²) in [4.78, 5) is 18.0. The lowest BCUT2D eigenvalue weighted by Crippen LogP contribution is -2.61. The number of aliphatic carboxylic acids is 1. The van der Waals surface area contributed by atoms with E-state index in [2.05, 4.69) is 14.8 Å². The van der Waals surface area contributed by atoms with Gasteiger partial charge in [-0.2, -0.15) is 0 Å². The highest BCUT2D eigenvalue weighted by Crippen LogP contribution is 2.15. The van der Waals surface area contributed by atoms with Crippen LogP contribution >= 0.6 is 0 Å². The maximum atomic E-state index is 12.6. The number of carboxylic acid groups (broad SMARTS) is 1. The molecule has 0 spiro atoms. The van der Waals surface area contributed by atoms with Crippen LogP contribution in [-0.4, -0.2) is 22.9 Å². The van der Waals surface area contributed by atoms with Crippen LogP contribution in [0.15, 0.2) is 0 Å². The van der Waals surface area contributed by atoms with E-state index < -0.39 is 17.8 Å². The Morgan fingerprint density at radius 1 is 1.50 bits per heavy atom. The lowest BCUT2D eigenvalue weighted by molar-refractivity contribution is -0.730. The molecule has 8 nitrogen and oxygen atoms in total. The average molecular weight is 241 g/mol. The zero-order chi connectivity index (χ0) is 13.0. The van der Waals surface area contributed by atoms with Gasteiger partial charge in [-0.05, 0) is 5.92 Å². The normalized spacial score (nSPS) is 21.4. The van der Waals surface area contributed by atoms with Crippen molar-refractivity contribution in [3.63, 3.8) is 0 Å². The average Bonchev–Trinajstić information content (AvgIpc) is 2.00. The van der Waals surface area contributed by atoms with Gasteiger partial charge >= 0.3 is 12.0 Å². The minimum absolute atomic E-state index is 0.0499. The summed E-state index contributed by atoms with van der Waals surface area (Å²) in [6, 6.07) is -1.50. The van der Waals surface area contributed by atoms with Crippen LogP contribution in [-0.2, 0) is 19.6 Å². The smallest absolute Gasteiger partial charge is 0.356 e. The number of rotatable bonds is 3. The molecule has 1 aliphatic rings. The molecule has 1 atom stereocenters. The second-order valence-corrected chi connectivity index (χ2v) is 3.72. The molecule has 1 saturated heterocycles. The predicted molar refractivity (Wildman–Crippen MR) is 49.5 cm³/mol. The summed E-state index contributed by atoms with van der Waals surface area (Å²) < 4.78 is 12.6. The topological polar surface area (TPSA) is 143 Å². The van der Waals surface area contributed by atoms with Gasteiger partial charge in [0.2, 0.25) is 0 Å². The van der Waals surface area contributed by atoms with Gasteiger partial charge in [-0.25, -0.2) is 9.18 Å². The Morgan fingerprint density at radius 3 is 1.94 bits per heavy atom. The van der Waals surface area contributed by atoms with Crippen molar-refractivity contribution in [3.05, 3.63) is 0 Å². The molecule has 0 aromatic rings. The van der Waals surface area contributed by atoms with Crippen molar-refractivity contribution in [3.8, 4) is 0 Å². The summed E-state index contributed by atoms with van der Waals surface area (Å²) in [6.07, 6.45) is -0.150. The van der Waals surface area contributed by atoms with Gasteiger partial charge in [0.15, 0.2) is 0 Å². The van der Waals surface area contributed by atoms with Crippen LogP contribution in [0, 0.1) is 5.92 Å². The summed E-state index contributed by atoms with van der Waals surface area (Å²) in [5.74, 6) is -4.21. The van der Waals surface area contributed by atoms with E-state index in [4.69, 9.17) is 22.3 Å². The van der Waals surface area contributed by atoms with Crippen LogP contribution in [0.3, 0.4) is 0 Å². The Morgan fingerprint density at radius 2 is 1.88 bits per heavy atom. The van der Waals surface area contributed by atoms with E-state index in [1.165, 1.54) is 0 Å². The van der Waals surface area contributed by atoms with E-state index >= 15 is 0 Å². The van der Waals surface area contributed by atoms with Crippen molar-refractivity contribution in [2.75, 3.05) is 0 Å². The van der Waals surface area contributed by atoms with Gasteiger partial charge in [-0.3, -0.25) is 17.2 Å². The molecule has 1 aliphatic heterocycles. The Hall–Kier alpha value is -0.840. The van der Waals surface area contributed by atoms with E-state index in [0.717, 1.165) is 0 Å². The Bertz CT molecular complexity index is 240. The largest absolute Gasteiger partial charge is 0.478 e. The summed E-state index contributed by atoms with van der Waals surface area (Å²) in [6.45, 7) is 3.42. The zero-order valence-corrected chi connectivity index (χ0v) is 8.97. The molecule has 0 aromatic carbocycles. The summed E-state index contributed by atoms with van der Waals surface area (Å²) >= 11 is 0. The highest BCUT2D eigenvalue weighted by atomic mass is 19.1. The van der Waals surface area contributed by atoms with Gasteiger partial charge in [0.25, 0.3) is 5.79 Å². The van der Waals surface area contributed by atoms with Gasteiger partial charge in [-0.15, -0.1) is 9.78 Å². The fourth-order valence-electron chi connectivity index (χ4n) is 0.794. The van der Waals surface area contributed by atoms with Crippen LogP contribution < -0.4 is 17.2 Å². The Labute approximate surface area is 91.3 Å². The van der Waals surface area contributed by atoms with Crippen molar-refractivity contribution in [2.45, 2.75) is 32.1 Å². The molecule has 0 amide bonds. The van der Waals surface area contributed by atoms with Crippen molar-refractivity contribution in [2.24, 2.45) is 23.1 Å². The molecule has 1 fully saturated rings. The third kappa shape index (κ3) is 5.90. The monoisotopic (exact) mass is 241 g/mol. The van der Waals surface area contributed by atoms with E-state index in [9.17, 15) is 9.18 Å². The number of hydrogen-bond acceptors (Lipinski definition) is 7. The van der Waals surface area contributed by atoms with Crippen molar-refractivity contribution in [1.82, 2.24) is 0 Å². The minimum Gasteiger partial charge on any atom is -0.478 e. The molecular weight excluding hydrogens is 225 g/mol. The maximum absolute atomic E-state index is 12.6. The fraction of sp³-hybridized carbons (Fsp3) is 0.857. The number of carboxylic acids is 1. The molecule has 1 unspecified atom stereocenters. The Kier molecular flexibility index (Phi) is 5.19. The van der Waals surface area contributed by atoms with Gasteiger partial charge in [0, 0.05) is 6.42 Å². The summed E-state index contributed by atoms with van der Waals surface area (Å²) in [7, 11) is 0. The van der Waals surface area contributed by atoms with Crippen LogP contribution in [0.25, 0.3) is 0 Å². The molecule has 9 heteroatoms. The van der Waals surface area contributed by atoms with Crippen LogP contribution in [0.4, 0.5) is 4.39 Å². The first-order chi connectivity index (χ1) is 7.07. The highest BCUT2D eigenvalue weighted by Gasteiger charge is 2.34. The van der Waals surface area contributed by atoms with Crippen molar-refractivity contribution in [1.29, 1.82) is 0 Å². The van der Waals surface area contributed by atoms with E-state index in [0.29, 0.717) is 0 Å². The van der Waals surface area contributed by atoms with E-state index in [-0.39, 0.29) is 12.3 Å². The third-order valence-corrected chi connectivity index (χ3v) is 1.39. The summed E-state index contributed by atoms with van der Waals surface area (Å²) in [5, 5.41) is 11.9. The second kappa shape index (κ2) is 5.48. The third-order valence-electron chi connectivity index (χ3n) is 1.39. The first-order valence-electron chi connectivity index (χ1n) is 4.39. The highest BCUT2D eigenvalue weighted by molar-refractivity contribution is 5.76. The molecular formula is C7H16FN3O5. The van der Waals surface area contributed by atoms with Crippen LogP contribution in [0.2, 0.25) is 0 Å². The number of carbonyl (C=O) groups is 1. The quantitative estimate of drug-likeness (QED) is 0.284. The second-order valence-electron chi connectivity index (χ2n) is 3.72. The zero-order valence-electron chi connectivity index (χ0n) is 8.97. The standard InChI is InChI=1S/C6H12FNO2.CH4N2O3/c1-4(2)3-6(7,8)5(9)10;2-1(3)4-6-5-1/h4H,3,8H2,1-2H3,(H,9,10);2-3H2. The van der Waals surface area contributed by atoms with Crippen molar-refractivity contribution >= 4 is 5.97 Å². The van der Waals surface area contributed by atoms with E-state index in [1.54, 1.807) is 13.8 Å². The molecule has 0 bridgehead atoms. The van der Waals surface area contributed by atoms with Gasteiger partial charge in [0.1, 0.15) is 0 Å². The molecule has 1 rings (SSSR count). The van der Waals surface area contributed by atoms with Crippen LogP contribution in [0.5, 0.6) is 0 Å². The van der Waals surface area contributed by atoms with E-state index in [1.807, 2.05) is 0 Å². The number of alkyl halides is 1. The number of hydrogen-bond donors (Lipinski definition) is 4. The molecule has 0 saturated carbocycles. The minimum atomic E-state index is -2.56. The van der Waals surface area contributed by atoms with Crippen LogP contribution in [0.1, 0.15) is 20.3 Å². The predicted octanol–water partition coefficient (Wildman–Crippen LogP) is -0.850. The van der Waals surface area contributed by atoms with Gasteiger partial charge < -0.3 is 5.11 Å². The molecule has 0 aliphatic carbocycles. The lowest BCUT2D eigenvalue weighted by atomic mass is 10.0. The number of nitrogens with two attached hydrogens (primary N) is 3. The van der Waals surface area contributed by atoms with Gasteiger partial charge in [-0.1, -0.05) is 18.9 Å². The molecule has 1 heterocycles. The van der Waals surface area contributed by atoms with Crippen molar-refractivity contribution < 1.29 is 29.1 Å². The fourth-order valence-corrected chi connectivity index (χ4v) is 0.794. The molecule has 0 aromatic heterocycles. The maximum Gasteiger partial charge on any atom is 0.356 e. The molecule has 0 radical (unpaired) electrons. The molecule has 7 N–H and O–H groups in total. The SMILES string of the molecule is CC(C)CC(N)(F)C(=O)O.NC1(N)OOO1. The lowest BCUT2D eigenvalue weighted by Gasteiger charge is -2.27. The number of halogens is 1. The molecule has 96 valence electrons.